The highest BCUT2D eigenvalue weighted by atomic mass is 32.2. The molecule has 0 atom stereocenters. The summed E-state index contributed by atoms with van der Waals surface area (Å²) in [4.78, 5) is 18.6. The summed E-state index contributed by atoms with van der Waals surface area (Å²) in [6.45, 7) is 1.57. The molecule has 2 heterocycles. The minimum Gasteiger partial charge on any atom is -0.481 e. The van der Waals surface area contributed by atoms with Crippen LogP contribution in [0.4, 0.5) is 5.69 Å². The number of nitro groups is 1. The highest BCUT2D eigenvalue weighted by molar-refractivity contribution is 7.99. The Kier molecular flexibility index (Phi) is 4.03. The molecular weight excluding hydrogens is 286 g/mol. The fraction of sp³-hybridized carbons (Fsp3) is 0.300. The minimum atomic E-state index is -0.501. The first-order chi connectivity index (χ1) is 9.55. The molecule has 0 saturated carbocycles. The van der Waals surface area contributed by atoms with Gasteiger partial charge in [-0.1, -0.05) is 0 Å². The Morgan fingerprint density at radius 3 is 2.40 bits per heavy atom. The molecule has 0 aliphatic carbocycles. The van der Waals surface area contributed by atoms with Crippen molar-refractivity contribution in [3.05, 3.63) is 21.9 Å². The Balaban J connectivity index is 2.37. The van der Waals surface area contributed by atoms with E-state index in [2.05, 4.69) is 20.2 Å². The van der Waals surface area contributed by atoms with Gasteiger partial charge in [-0.15, -0.1) is 0 Å². The number of ether oxygens (including phenoxy) is 2. The van der Waals surface area contributed by atoms with Gasteiger partial charge in [0.2, 0.25) is 21.9 Å². The van der Waals surface area contributed by atoms with Gasteiger partial charge in [-0.05, 0) is 18.7 Å². The molecule has 0 aliphatic heterocycles. The van der Waals surface area contributed by atoms with Gasteiger partial charge in [0.15, 0.2) is 0 Å². The molecule has 0 fully saturated rings. The van der Waals surface area contributed by atoms with Gasteiger partial charge in [0, 0.05) is 0 Å². The number of hydrogen-bond donors (Lipinski definition) is 1. The first-order valence-corrected chi connectivity index (χ1v) is 6.21. The lowest BCUT2D eigenvalue weighted by molar-refractivity contribution is -0.388. The van der Waals surface area contributed by atoms with Crippen molar-refractivity contribution in [1.82, 2.24) is 20.2 Å². The Bertz CT molecular complexity index is 622. The van der Waals surface area contributed by atoms with Gasteiger partial charge < -0.3 is 9.47 Å². The predicted octanol–water partition coefficient (Wildman–Crippen LogP) is 1.58. The third-order valence-electron chi connectivity index (χ3n) is 2.33. The van der Waals surface area contributed by atoms with Crippen LogP contribution < -0.4 is 9.47 Å². The molecule has 1 N–H and O–H groups in total. The van der Waals surface area contributed by atoms with Crippen LogP contribution in [0.25, 0.3) is 0 Å². The predicted molar refractivity (Wildman–Crippen MR) is 69.2 cm³/mol. The maximum atomic E-state index is 11.0. The Hall–Kier alpha value is -2.36. The van der Waals surface area contributed by atoms with Crippen LogP contribution in [0.5, 0.6) is 11.8 Å². The third kappa shape index (κ3) is 2.79. The number of methoxy groups -OCH3 is 2. The van der Waals surface area contributed by atoms with Gasteiger partial charge in [0.25, 0.3) is 0 Å². The summed E-state index contributed by atoms with van der Waals surface area (Å²) in [5, 5.41) is 17.9. The topological polar surface area (TPSA) is 116 Å². The van der Waals surface area contributed by atoms with Crippen molar-refractivity contribution in [1.29, 1.82) is 0 Å². The second-order valence-electron chi connectivity index (χ2n) is 3.60. The van der Waals surface area contributed by atoms with Crippen LogP contribution in [0.1, 0.15) is 5.69 Å². The van der Waals surface area contributed by atoms with E-state index in [1.807, 2.05) is 0 Å². The second kappa shape index (κ2) is 5.74. The summed E-state index contributed by atoms with van der Waals surface area (Å²) in [6.07, 6.45) is 0. The molecule has 0 saturated heterocycles. The van der Waals surface area contributed by atoms with Crippen LogP contribution in [0, 0.1) is 17.0 Å². The summed E-state index contributed by atoms with van der Waals surface area (Å²) < 4.78 is 10.0. The Morgan fingerprint density at radius 1 is 1.30 bits per heavy atom. The van der Waals surface area contributed by atoms with E-state index in [0.29, 0.717) is 17.5 Å². The maximum absolute atomic E-state index is 11.0. The van der Waals surface area contributed by atoms with E-state index in [9.17, 15) is 10.1 Å². The highest BCUT2D eigenvalue weighted by Crippen LogP contribution is 2.34. The molecule has 0 bridgehead atoms. The lowest BCUT2D eigenvalue weighted by Gasteiger charge is -2.04. The molecule has 0 unspecified atom stereocenters. The molecule has 2 aromatic rings. The number of H-pyrrole nitrogens is 1. The average molecular weight is 297 g/mol. The highest BCUT2D eigenvalue weighted by Gasteiger charge is 2.23. The molecule has 0 aromatic carbocycles. The summed E-state index contributed by atoms with van der Waals surface area (Å²) in [6, 6.07) is 1.51. The largest absolute Gasteiger partial charge is 0.481 e. The molecule has 0 spiro atoms. The van der Waals surface area contributed by atoms with Crippen molar-refractivity contribution < 1.29 is 14.4 Å². The van der Waals surface area contributed by atoms with Crippen LogP contribution >= 0.6 is 11.8 Å². The van der Waals surface area contributed by atoms with Crippen LogP contribution in [-0.4, -0.2) is 39.3 Å². The van der Waals surface area contributed by atoms with E-state index in [1.165, 1.54) is 20.3 Å². The zero-order chi connectivity index (χ0) is 14.7. The molecular formula is C10H11N5O4S. The standard InChI is InChI=1S/C10H11N5O4S/c1-5-8(15(16)17)9(14-13-5)20-10-11-6(18-2)4-7(12-10)19-3/h4H,1-3H3,(H,13,14). The SMILES string of the molecule is COc1cc(OC)nc(Sc2n[nH]c(C)c2[N+](=O)[O-])n1. The lowest BCUT2D eigenvalue weighted by Crippen LogP contribution is -1.97. The van der Waals surface area contributed by atoms with Gasteiger partial charge >= 0.3 is 5.69 Å². The fourth-order valence-corrected chi connectivity index (χ4v) is 2.27. The van der Waals surface area contributed by atoms with Crippen molar-refractivity contribution in [2.45, 2.75) is 17.1 Å². The molecule has 10 heteroatoms. The zero-order valence-electron chi connectivity index (χ0n) is 10.9. The number of hydrogen-bond acceptors (Lipinski definition) is 8. The summed E-state index contributed by atoms with van der Waals surface area (Å²) >= 11 is 0.956. The van der Waals surface area contributed by atoms with E-state index in [-0.39, 0.29) is 15.9 Å². The van der Waals surface area contributed by atoms with E-state index < -0.39 is 4.92 Å². The van der Waals surface area contributed by atoms with Crippen molar-refractivity contribution in [2.24, 2.45) is 0 Å². The average Bonchev–Trinajstić information content (AvgIpc) is 2.79. The first-order valence-electron chi connectivity index (χ1n) is 5.39. The fourth-order valence-electron chi connectivity index (χ4n) is 1.41. The maximum Gasteiger partial charge on any atom is 0.323 e. The molecule has 0 aliphatic rings. The Labute approximate surface area is 117 Å². The smallest absolute Gasteiger partial charge is 0.323 e. The van der Waals surface area contributed by atoms with Crippen molar-refractivity contribution >= 4 is 17.4 Å². The van der Waals surface area contributed by atoms with Gasteiger partial charge in [-0.3, -0.25) is 15.2 Å². The number of rotatable bonds is 5. The monoisotopic (exact) mass is 297 g/mol. The van der Waals surface area contributed by atoms with Crippen molar-refractivity contribution in [3.8, 4) is 11.8 Å². The molecule has 0 radical (unpaired) electrons. The second-order valence-corrected chi connectivity index (χ2v) is 4.55. The first kappa shape index (κ1) is 14.1. The number of aryl methyl sites for hydroxylation is 1. The van der Waals surface area contributed by atoms with Gasteiger partial charge in [0.05, 0.1) is 25.2 Å². The van der Waals surface area contributed by atoms with E-state index >= 15 is 0 Å². The van der Waals surface area contributed by atoms with Gasteiger partial charge in [-0.25, -0.2) is 0 Å². The van der Waals surface area contributed by atoms with Crippen LogP contribution in [-0.2, 0) is 0 Å². The summed E-state index contributed by atoms with van der Waals surface area (Å²) in [5.74, 6) is 0.600. The molecule has 0 amide bonds. The summed E-state index contributed by atoms with van der Waals surface area (Å²) in [7, 11) is 2.91. The number of nitrogens with zero attached hydrogens (tertiary/aromatic N) is 4. The lowest BCUT2D eigenvalue weighted by atomic mass is 10.4. The van der Waals surface area contributed by atoms with Crippen LogP contribution in [0.3, 0.4) is 0 Å². The molecule has 20 heavy (non-hydrogen) atoms. The van der Waals surface area contributed by atoms with E-state index in [0.717, 1.165) is 11.8 Å². The van der Waals surface area contributed by atoms with Crippen molar-refractivity contribution in [3.63, 3.8) is 0 Å². The Morgan fingerprint density at radius 2 is 1.90 bits per heavy atom. The quantitative estimate of drug-likeness (QED) is 0.502. The van der Waals surface area contributed by atoms with Crippen molar-refractivity contribution in [2.75, 3.05) is 14.2 Å². The summed E-state index contributed by atoms with van der Waals surface area (Å²) in [5.41, 5.74) is 0.271. The van der Waals surface area contributed by atoms with E-state index in [4.69, 9.17) is 9.47 Å². The number of aromatic nitrogens is 4. The molecule has 9 nitrogen and oxygen atoms in total. The molecule has 2 aromatic heterocycles. The number of aromatic amines is 1. The molecule has 106 valence electrons. The van der Waals surface area contributed by atoms with Gasteiger partial charge in [0.1, 0.15) is 5.69 Å². The van der Waals surface area contributed by atoms with Gasteiger partial charge in [-0.2, -0.15) is 15.1 Å². The van der Waals surface area contributed by atoms with Crippen LogP contribution in [0.15, 0.2) is 16.2 Å². The normalized spacial score (nSPS) is 10.3. The third-order valence-corrected chi connectivity index (χ3v) is 3.17. The van der Waals surface area contributed by atoms with E-state index in [1.54, 1.807) is 6.92 Å². The van der Waals surface area contributed by atoms with Crippen LogP contribution in [0.2, 0.25) is 0 Å². The number of nitrogens with one attached hydrogen (secondary N) is 1. The molecule has 2 rings (SSSR count). The zero-order valence-corrected chi connectivity index (χ0v) is 11.7. The minimum absolute atomic E-state index is 0.0969.